The van der Waals surface area contributed by atoms with Crippen molar-refractivity contribution in [2.75, 3.05) is 20.2 Å². The SMILES string of the molecule is CCNC(=O)NCCCn1c(COCc2ccccc2)csc1=Nc1ccc(OC)cn1. The average Bonchev–Trinajstić information content (AvgIpc) is 3.19. The molecule has 0 saturated carbocycles. The van der Waals surface area contributed by atoms with Crippen LogP contribution in [0.3, 0.4) is 0 Å². The molecule has 0 saturated heterocycles. The van der Waals surface area contributed by atoms with Gasteiger partial charge in [-0.25, -0.2) is 14.8 Å². The Balaban J connectivity index is 1.71. The lowest BCUT2D eigenvalue weighted by atomic mass is 10.2. The zero-order chi connectivity index (χ0) is 22.6. The van der Waals surface area contributed by atoms with Crippen molar-refractivity contribution in [1.29, 1.82) is 0 Å². The van der Waals surface area contributed by atoms with Gasteiger partial charge in [0.2, 0.25) is 0 Å². The van der Waals surface area contributed by atoms with Crippen LogP contribution in [0.15, 0.2) is 59.0 Å². The molecule has 2 N–H and O–H groups in total. The number of ether oxygens (including phenoxy) is 2. The Bertz CT molecular complexity index is 1030. The first-order valence-corrected chi connectivity index (χ1v) is 11.4. The normalized spacial score (nSPS) is 11.4. The molecule has 170 valence electrons. The highest BCUT2D eigenvalue weighted by Crippen LogP contribution is 2.14. The van der Waals surface area contributed by atoms with Gasteiger partial charge in [0.15, 0.2) is 10.6 Å². The Morgan fingerprint density at radius 2 is 2.00 bits per heavy atom. The number of hydrogen-bond acceptors (Lipinski definition) is 6. The van der Waals surface area contributed by atoms with Gasteiger partial charge >= 0.3 is 6.03 Å². The standard InChI is InChI=1S/C23H29N5O3S/c1-3-24-22(29)25-12-7-13-28-19(16-31-15-18-8-5-4-6-9-18)17-32-23(28)27-21-11-10-20(30-2)14-26-21/h4-6,8-11,14,17H,3,7,12-13,15-16H2,1-2H3,(H2,24,25,29). The fourth-order valence-corrected chi connectivity index (χ4v) is 3.89. The van der Waals surface area contributed by atoms with E-state index in [1.807, 2.05) is 49.4 Å². The summed E-state index contributed by atoms with van der Waals surface area (Å²) in [4.78, 5) is 21.5. The Morgan fingerprint density at radius 3 is 2.72 bits per heavy atom. The van der Waals surface area contributed by atoms with Crippen LogP contribution in [0.25, 0.3) is 0 Å². The molecule has 0 fully saturated rings. The number of nitrogens with zero attached hydrogens (tertiary/aromatic N) is 3. The van der Waals surface area contributed by atoms with Crippen molar-refractivity contribution >= 4 is 23.2 Å². The Labute approximate surface area is 192 Å². The van der Waals surface area contributed by atoms with Gasteiger partial charge in [0.25, 0.3) is 0 Å². The molecule has 0 aliphatic rings. The van der Waals surface area contributed by atoms with E-state index in [1.54, 1.807) is 24.6 Å². The maximum atomic E-state index is 11.6. The highest BCUT2D eigenvalue weighted by atomic mass is 32.1. The summed E-state index contributed by atoms with van der Waals surface area (Å²) < 4.78 is 13.2. The van der Waals surface area contributed by atoms with Crippen LogP contribution in [0.5, 0.6) is 5.75 Å². The number of carbonyl (C=O) groups is 1. The van der Waals surface area contributed by atoms with Gasteiger partial charge in [0.05, 0.1) is 32.2 Å². The Hall–Kier alpha value is -3.17. The number of rotatable bonds is 11. The topological polar surface area (TPSA) is 89.8 Å². The predicted molar refractivity (Wildman–Crippen MR) is 125 cm³/mol. The Kier molecular flexibility index (Phi) is 9.27. The van der Waals surface area contributed by atoms with E-state index in [-0.39, 0.29) is 6.03 Å². The van der Waals surface area contributed by atoms with E-state index >= 15 is 0 Å². The second-order valence-corrected chi connectivity index (χ2v) is 7.78. The molecule has 2 heterocycles. The smallest absolute Gasteiger partial charge is 0.314 e. The number of urea groups is 1. The first-order chi connectivity index (χ1) is 15.7. The van der Waals surface area contributed by atoms with Crippen molar-refractivity contribution in [3.05, 3.63) is 70.1 Å². The average molecular weight is 456 g/mol. The zero-order valence-electron chi connectivity index (χ0n) is 18.4. The van der Waals surface area contributed by atoms with Gasteiger partial charge < -0.3 is 24.7 Å². The van der Waals surface area contributed by atoms with E-state index in [0.717, 1.165) is 22.5 Å². The number of hydrogen-bond donors (Lipinski definition) is 2. The molecule has 3 aromatic rings. The van der Waals surface area contributed by atoms with Gasteiger partial charge in [-0.05, 0) is 31.0 Å². The van der Waals surface area contributed by atoms with E-state index < -0.39 is 0 Å². The van der Waals surface area contributed by atoms with Gasteiger partial charge in [0, 0.05) is 25.0 Å². The van der Waals surface area contributed by atoms with Crippen LogP contribution in [-0.2, 0) is 24.5 Å². The third-order valence-electron chi connectivity index (χ3n) is 4.59. The first-order valence-electron chi connectivity index (χ1n) is 10.5. The highest BCUT2D eigenvalue weighted by Gasteiger charge is 2.08. The van der Waals surface area contributed by atoms with Crippen LogP contribution in [0, 0.1) is 0 Å². The van der Waals surface area contributed by atoms with Gasteiger partial charge in [-0.1, -0.05) is 30.3 Å². The molecule has 3 rings (SSSR count). The summed E-state index contributed by atoms with van der Waals surface area (Å²) in [6, 6.07) is 13.6. The number of thiazole rings is 1. The largest absolute Gasteiger partial charge is 0.495 e. The molecule has 2 amide bonds. The maximum Gasteiger partial charge on any atom is 0.314 e. The van der Waals surface area contributed by atoms with Crippen molar-refractivity contribution in [3.8, 4) is 5.75 Å². The number of benzene rings is 1. The van der Waals surface area contributed by atoms with Crippen molar-refractivity contribution in [3.63, 3.8) is 0 Å². The lowest BCUT2D eigenvalue weighted by Gasteiger charge is -2.11. The minimum Gasteiger partial charge on any atom is -0.495 e. The van der Waals surface area contributed by atoms with E-state index in [4.69, 9.17) is 14.5 Å². The van der Waals surface area contributed by atoms with Crippen LogP contribution < -0.4 is 20.2 Å². The summed E-state index contributed by atoms with van der Waals surface area (Å²) in [6.07, 6.45) is 2.42. The Morgan fingerprint density at radius 1 is 1.16 bits per heavy atom. The maximum absolute atomic E-state index is 11.6. The van der Waals surface area contributed by atoms with E-state index in [1.165, 1.54) is 0 Å². The molecule has 1 aromatic carbocycles. The molecule has 8 nitrogen and oxygen atoms in total. The quantitative estimate of drug-likeness (QED) is 0.432. The highest BCUT2D eigenvalue weighted by molar-refractivity contribution is 7.07. The van der Waals surface area contributed by atoms with Gasteiger partial charge in [-0.15, -0.1) is 11.3 Å². The van der Waals surface area contributed by atoms with Crippen LogP contribution in [0.1, 0.15) is 24.6 Å². The molecule has 2 aromatic heterocycles. The molecule has 9 heteroatoms. The summed E-state index contributed by atoms with van der Waals surface area (Å²) >= 11 is 1.55. The van der Waals surface area contributed by atoms with Crippen molar-refractivity contribution in [2.45, 2.75) is 33.1 Å². The summed E-state index contributed by atoms with van der Waals surface area (Å²) in [5.41, 5.74) is 2.17. The van der Waals surface area contributed by atoms with E-state index in [9.17, 15) is 4.79 Å². The lowest BCUT2D eigenvalue weighted by molar-refractivity contribution is 0.102. The molecule has 0 atom stereocenters. The molecule has 32 heavy (non-hydrogen) atoms. The zero-order valence-corrected chi connectivity index (χ0v) is 19.2. The second kappa shape index (κ2) is 12.6. The van der Waals surface area contributed by atoms with Gasteiger partial charge in [-0.3, -0.25) is 0 Å². The fourth-order valence-electron chi connectivity index (χ4n) is 2.98. The number of methoxy groups -OCH3 is 1. The summed E-state index contributed by atoms with van der Waals surface area (Å²) in [6.45, 7) is 4.78. The first kappa shape index (κ1) is 23.5. The number of aromatic nitrogens is 2. The minimum absolute atomic E-state index is 0.151. The molecular weight excluding hydrogens is 426 g/mol. The van der Waals surface area contributed by atoms with Crippen LogP contribution >= 0.6 is 11.3 Å². The van der Waals surface area contributed by atoms with E-state index in [0.29, 0.717) is 44.4 Å². The number of pyridine rings is 1. The summed E-state index contributed by atoms with van der Waals surface area (Å²) in [5, 5.41) is 7.66. The molecule has 0 radical (unpaired) electrons. The van der Waals surface area contributed by atoms with Crippen LogP contribution in [-0.4, -0.2) is 35.8 Å². The van der Waals surface area contributed by atoms with Crippen molar-refractivity contribution < 1.29 is 14.3 Å². The molecule has 0 aliphatic heterocycles. The molecule has 0 aliphatic carbocycles. The van der Waals surface area contributed by atoms with Crippen molar-refractivity contribution in [1.82, 2.24) is 20.2 Å². The minimum atomic E-state index is -0.151. The number of carbonyl (C=O) groups excluding carboxylic acids is 1. The molecule has 0 bridgehead atoms. The monoisotopic (exact) mass is 455 g/mol. The fraction of sp³-hybridized carbons (Fsp3) is 0.348. The van der Waals surface area contributed by atoms with Crippen molar-refractivity contribution in [2.24, 2.45) is 4.99 Å². The van der Waals surface area contributed by atoms with E-state index in [2.05, 4.69) is 25.6 Å². The number of nitrogens with one attached hydrogen (secondary N) is 2. The lowest BCUT2D eigenvalue weighted by Crippen LogP contribution is -2.36. The number of amides is 2. The summed E-state index contributed by atoms with van der Waals surface area (Å²) in [5.74, 6) is 1.30. The summed E-state index contributed by atoms with van der Waals surface area (Å²) in [7, 11) is 1.61. The second-order valence-electron chi connectivity index (χ2n) is 6.95. The van der Waals surface area contributed by atoms with Crippen LogP contribution in [0.2, 0.25) is 0 Å². The molecular formula is C23H29N5O3S. The third-order valence-corrected chi connectivity index (χ3v) is 5.50. The third kappa shape index (κ3) is 7.21. The van der Waals surface area contributed by atoms with Gasteiger partial charge in [-0.2, -0.15) is 0 Å². The van der Waals surface area contributed by atoms with Crippen LogP contribution in [0.4, 0.5) is 10.6 Å². The predicted octanol–water partition coefficient (Wildman–Crippen LogP) is 3.61. The molecule has 0 spiro atoms. The van der Waals surface area contributed by atoms with Gasteiger partial charge in [0.1, 0.15) is 5.75 Å². The molecule has 0 unspecified atom stereocenters.